The van der Waals surface area contributed by atoms with Gasteiger partial charge in [0, 0.05) is 0 Å². The molecule has 0 heterocycles. The SMILES string of the molecule is CCCOOOCCC.Oc1ccccc1.Oc1ccccc1. The first-order valence-corrected chi connectivity index (χ1v) is 7.59. The van der Waals surface area contributed by atoms with Gasteiger partial charge in [0.25, 0.3) is 0 Å². The summed E-state index contributed by atoms with van der Waals surface area (Å²) < 4.78 is 0. The standard InChI is InChI=1S/C6H14O3.2C6H6O/c1-3-5-7-9-8-6-4-2;2*7-6-4-2-1-3-5-6/h3-6H2,1-2H3;2*1-5,7H. The van der Waals surface area contributed by atoms with E-state index >= 15 is 0 Å². The maximum atomic E-state index is 8.63. The molecule has 2 rings (SSSR count). The fraction of sp³-hybridized carbons (Fsp3) is 0.333. The van der Waals surface area contributed by atoms with Crippen LogP contribution in [-0.4, -0.2) is 23.4 Å². The van der Waals surface area contributed by atoms with Crippen LogP contribution in [0.1, 0.15) is 26.7 Å². The van der Waals surface area contributed by atoms with Crippen molar-refractivity contribution in [3.8, 4) is 11.5 Å². The summed E-state index contributed by atoms with van der Waals surface area (Å²) in [5.41, 5.74) is 0. The first-order chi connectivity index (χ1) is 11.2. The first-order valence-electron chi connectivity index (χ1n) is 7.59. The number of phenolic OH excluding ortho intramolecular Hbond substituents is 2. The van der Waals surface area contributed by atoms with Crippen LogP contribution in [0.25, 0.3) is 0 Å². The second kappa shape index (κ2) is 16.3. The van der Waals surface area contributed by atoms with Gasteiger partial charge in [-0.05, 0) is 37.1 Å². The molecule has 2 aromatic rings. The van der Waals surface area contributed by atoms with Crippen LogP contribution < -0.4 is 0 Å². The van der Waals surface area contributed by atoms with Gasteiger partial charge in [-0.2, -0.15) is 0 Å². The molecule has 0 saturated carbocycles. The van der Waals surface area contributed by atoms with Gasteiger partial charge in [-0.15, -0.1) is 0 Å². The van der Waals surface area contributed by atoms with E-state index in [1.54, 1.807) is 48.5 Å². The molecule has 0 fully saturated rings. The lowest BCUT2D eigenvalue weighted by Gasteiger charge is -1.98. The maximum Gasteiger partial charge on any atom is 0.115 e. The first kappa shape index (κ1) is 20.9. The number of para-hydroxylation sites is 2. The number of phenols is 2. The van der Waals surface area contributed by atoms with Crippen LogP contribution >= 0.6 is 0 Å². The average molecular weight is 322 g/mol. The fourth-order valence-corrected chi connectivity index (χ4v) is 1.12. The highest BCUT2D eigenvalue weighted by atomic mass is 17.5. The summed E-state index contributed by atoms with van der Waals surface area (Å²) in [4.78, 5) is 9.13. The van der Waals surface area contributed by atoms with Gasteiger partial charge in [0.05, 0.1) is 13.2 Å². The Hall–Kier alpha value is -2.08. The van der Waals surface area contributed by atoms with Crippen LogP contribution in [0.15, 0.2) is 60.7 Å². The summed E-state index contributed by atoms with van der Waals surface area (Å²) in [5, 5.41) is 21.6. The molecule has 23 heavy (non-hydrogen) atoms. The van der Waals surface area contributed by atoms with Gasteiger partial charge in [0.2, 0.25) is 0 Å². The van der Waals surface area contributed by atoms with Crippen molar-refractivity contribution < 1.29 is 25.0 Å². The number of rotatable bonds is 6. The van der Waals surface area contributed by atoms with Crippen LogP contribution in [0.3, 0.4) is 0 Å². The van der Waals surface area contributed by atoms with E-state index in [-0.39, 0.29) is 0 Å². The molecule has 0 unspecified atom stereocenters. The third-order valence-electron chi connectivity index (χ3n) is 2.18. The van der Waals surface area contributed by atoms with Crippen molar-refractivity contribution >= 4 is 0 Å². The van der Waals surface area contributed by atoms with Crippen molar-refractivity contribution in [2.45, 2.75) is 26.7 Å². The molecule has 5 heteroatoms. The summed E-state index contributed by atoms with van der Waals surface area (Å²) in [5.74, 6) is 0.644. The minimum Gasteiger partial charge on any atom is -0.508 e. The molecule has 0 radical (unpaired) electrons. The molecule has 0 bridgehead atoms. The van der Waals surface area contributed by atoms with Gasteiger partial charge in [-0.3, -0.25) is 0 Å². The van der Waals surface area contributed by atoms with Crippen molar-refractivity contribution in [1.29, 1.82) is 0 Å². The fourth-order valence-electron chi connectivity index (χ4n) is 1.12. The highest BCUT2D eigenvalue weighted by molar-refractivity contribution is 5.19. The molecule has 0 amide bonds. The highest BCUT2D eigenvalue weighted by Crippen LogP contribution is 2.03. The Bertz CT molecular complexity index is 404. The normalized spacial score (nSPS) is 9.13. The van der Waals surface area contributed by atoms with E-state index in [4.69, 9.17) is 10.2 Å². The summed E-state index contributed by atoms with van der Waals surface area (Å²) in [7, 11) is 0. The van der Waals surface area contributed by atoms with Crippen molar-refractivity contribution in [1.82, 2.24) is 0 Å². The molecule has 2 N–H and O–H groups in total. The van der Waals surface area contributed by atoms with Crippen LogP contribution in [0.4, 0.5) is 0 Å². The minimum atomic E-state index is 0.322. The zero-order valence-electron chi connectivity index (χ0n) is 13.7. The van der Waals surface area contributed by atoms with E-state index in [0.717, 1.165) is 12.8 Å². The Labute approximate surface area is 137 Å². The lowest BCUT2D eigenvalue weighted by molar-refractivity contribution is -0.512. The quantitative estimate of drug-likeness (QED) is 0.466. The van der Waals surface area contributed by atoms with Gasteiger partial charge < -0.3 is 10.2 Å². The molecule has 5 nitrogen and oxygen atoms in total. The molecule has 0 saturated heterocycles. The molecule has 0 aromatic heterocycles. The molecule has 0 aliphatic rings. The second-order valence-electron chi connectivity index (χ2n) is 4.38. The molecule has 2 aromatic carbocycles. The van der Waals surface area contributed by atoms with Crippen molar-refractivity contribution in [2.75, 3.05) is 13.2 Å². The van der Waals surface area contributed by atoms with Gasteiger partial charge in [-0.1, -0.05) is 55.3 Å². The summed E-state index contributed by atoms with van der Waals surface area (Å²) >= 11 is 0. The van der Waals surface area contributed by atoms with E-state index in [0.29, 0.717) is 24.7 Å². The monoisotopic (exact) mass is 322 g/mol. The van der Waals surface area contributed by atoms with Gasteiger partial charge >= 0.3 is 0 Å². The third-order valence-corrected chi connectivity index (χ3v) is 2.18. The maximum absolute atomic E-state index is 8.63. The minimum absolute atomic E-state index is 0.322. The highest BCUT2D eigenvalue weighted by Gasteiger charge is 1.84. The van der Waals surface area contributed by atoms with E-state index in [1.807, 2.05) is 26.0 Å². The number of benzene rings is 2. The Balaban J connectivity index is 0.000000318. The lowest BCUT2D eigenvalue weighted by atomic mass is 10.3. The number of hydrogen-bond donors (Lipinski definition) is 2. The molecular formula is C18H26O5. The molecule has 0 aliphatic carbocycles. The van der Waals surface area contributed by atoms with Crippen LogP contribution in [0.5, 0.6) is 11.5 Å². The number of hydrogen-bond acceptors (Lipinski definition) is 5. The Morgan fingerprint density at radius 1 is 0.652 bits per heavy atom. The zero-order chi connectivity index (χ0) is 17.2. The molecule has 0 aliphatic heterocycles. The Kier molecular flexibility index (Phi) is 14.8. The predicted molar refractivity (Wildman–Crippen MR) is 89.8 cm³/mol. The molecular weight excluding hydrogens is 296 g/mol. The molecule has 0 atom stereocenters. The van der Waals surface area contributed by atoms with Crippen molar-refractivity contribution in [2.24, 2.45) is 0 Å². The van der Waals surface area contributed by atoms with E-state index in [1.165, 1.54) is 0 Å². The van der Waals surface area contributed by atoms with E-state index < -0.39 is 0 Å². The van der Waals surface area contributed by atoms with E-state index in [2.05, 4.69) is 14.8 Å². The largest absolute Gasteiger partial charge is 0.508 e. The Morgan fingerprint density at radius 2 is 1.00 bits per heavy atom. The average Bonchev–Trinajstić information content (AvgIpc) is 2.57. The van der Waals surface area contributed by atoms with Crippen LogP contribution in [0, 0.1) is 0 Å². The van der Waals surface area contributed by atoms with Gasteiger partial charge in [0.15, 0.2) is 0 Å². The summed E-state index contributed by atoms with van der Waals surface area (Å²) in [6, 6.07) is 17.4. The molecule has 0 spiro atoms. The van der Waals surface area contributed by atoms with E-state index in [9.17, 15) is 0 Å². The summed E-state index contributed by atoms with van der Waals surface area (Å²) in [6.45, 7) is 5.18. The second-order valence-corrected chi connectivity index (χ2v) is 4.38. The Morgan fingerprint density at radius 3 is 1.22 bits per heavy atom. The lowest BCUT2D eigenvalue weighted by Crippen LogP contribution is -1.97. The van der Waals surface area contributed by atoms with Crippen molar-refractivity contribution in [3.63, 3.8) is 0 Å². The van der Waals surface area contributed by atoms with Crippen LogP contribution in [-0.2, 0) is 14.8 Å². The smallest absolute Gasteiger partial charge is 0.115 e. The third kappa shape index (κ3) is 16.1. The van der Waals surface area contributed by atoms with Crippen LogP contribution in [0.2, 0.25) is 0 Å². The molecule has 128 valence electrons. The predicted octanol–water partition coefficient (Wildman–Crippen LogP) is 4.47. The zero-order valence-corrected chi connectivity index (χ0v) is 13.7. The van der Waals surface area contributed by atoms with Gasteiger partial charge in [-0.25, -0.2) is 9.78 Å². The summed E-state index contributed by atoms with van der Waals surface area (Å²) in [6.07, 6.45) is 1.88. The topological polar surface area (TPSA) is 68.2 Å². The number of aromatic hydroxyl groups is 2. The van der Waals surface area contributed by atoms with Crippen molar-refractivity contribution in [3.05, 3.63) is 60.7 Å². The van der Waals surface area contributed by atoms with Gasteiger partial charge in [0.1, 0.15) is 11.5 Å².